The molecule has 1 N–H and O–H groups in total. The fourth-order valence-electron chi connectivity index (χ4n) is 3.90. The van der Waals surface area contributed by atoms with Gasteiger partial charge in [-0.3, -0.25) is 4.79 Å². The number of hydrogen-bond acceptors (Lipinski definition) is 5. The molecule has 0 amide bonds. The van der Waals surface area contributed by atoms with Gasteiger partial charge in [0.15, 0.2) is 23.9 Å². The zero-order chi connectivity index (χ0) is 19.1. The van der Waals surface area contributed by atoms with Crippen LogP contribution < -0.4 is 9.47 Å². The summed E-state index contributed by atoms with van der Waals surface area (Å²) in [6.45, 7) is -0.172. The minimum Gasteiger partial charge on any atom is -0.454 e. The number of benzene rings is 2. The SMILES string of the molecule is O=C(COC(=O)c1ccc2[nH]c3c(c2c1)CCCC3)c1ccc2c(c1)OCO2. The summed E-state index contributed by atoms with van der Waals surface area (Å²) in [6.07, 6.45) is 4.43. The Labute approximate surface area is 161 Å². The summed E-state index contributed by atoms with van der Waals surface area (Å²) in [5.74, 6) is 0.352. The maximum absolute atomic E-state index is 12.5. The quantitative estimate of drug-likeness (QED) is 0.553. The smallest absolute Gasteiger partial charge is 0.338 e. The van der Waals surface area contributed by atoms with E-state index in [1.807, 2.05) is 12.1 Å². The van der Waals surface area contributed by atoms with Crippen LogP contribution in [0.5, 0.6) is 11.5 Å². The number of ether oxygens (including phenoxy) is 3. The second-order valence-electron chi connectivity index (χ2n) is 7.12. The standard InChI is InChI=1S/C22H19NO5/c24-19(13-6-8-20-21(10-13)28-12-27-20)11-26-22(25)14-5-7-18-16(9-14)15-3-1-2-4-17(15)23-18/h5-10,23H,1-4,11-12H2. The third kappa shape index (κ3) is 2.91. The zero-order valence-corrected chi connectivity index (χ0v) is 15.2. The summed E-state index contributed by atoms with van der Waals surface area (Å²) in [6, 6.07) is 10.4. The van der Waals surface area contributed by atoms with Crippen LogP contribution in [0.15, 0.2) is 36.4 Å². The van der Waals surface area contributed by atoms with Gasteiger partial charge in [0, 0.05) is 22.2 Å². The van der Waals surface area contributed by atoms with Crippen LogP contribution in [-0.4, -0.2) is 30.1 Å². The number of fused-ring (bicyclic) bond motifs is 4. The first-order valence-electron chi connectivity index (χ1n) is 9.42. The third-order valence-corrected chi connectivity index (χ3v) is 5.36. The molecule has 0 radical (unpaired) electrons. The lowest BCUT2D eigenvalue weighted by Crippen LogP contribution is -2.14. The van der Waals surface area contributed by atoms with Gasteiger partial charge in [-0.1, -0.05) is 0 Å². The number of aromatic nitrogens is 1. The number of Topliss-reactive ketones (excluding diaryl/α,β-unsaturated/α-hetero) is 1. The number of aromatic amines is 1. The molecule has 1 aliphatic carbocycles. The molecule has 28 heavy (non-hydrogen) atoms. The number of esters is 1. The van der Waals surface area contributed by atoms with Crippen LogP contribution in [0.4, 0.5) is 0 Å². The molecule has 1 aromatic heterocycles. The summed E-state index contributed by atoms with van der Waals surface area (Å²) >= 11 is 0. The van der Waals surface area contributed by atoms with E-state index in [4.69, 9.17) is 14.2 Å². The van der Waals surface area contributed by atoms with Crippen LogP contribution >= 0.6 is 0 Å². The Hall–Kier alpha value is -3.28. The lowest BCUT2D eigenvalue weighted by atomic mass is 9.95. The molecule has 1 aliphatic heterocycles. The van der Waals surface area contributed by atoms with E-state index < -0.39 is 5.97 Å². The fourth-order valence-corrected chi connectivity index (χ4v) is 3.90. The van der Waals surface area contributed by atoms with Crippen molar-refractivity contribution in [2.24, 2.45) is 0 Å². The second kappa shape index (κ2) is 6.71. The van der Waals surface area contributed by atoms with E-state index in [1.54, 1.807) is 24.3 Å². The Morgan fingerprint density at radius 2 is 1.79 bits per heavy atom. The van der Waals surface area contributed by atoms with Crippen LogP contribution in [0.2, 0.25) is 0 Å². The molecule has 142 valence electrons. The first-order chi connectivity index (χ1) is 13.7. The molecule has 0 saturated heterocycles. The molecule has 5 rings (SSSR count). The van der Waals surface area contributed by atoms with Crippen LogP contribution in [0.1, 0.15) is 44.8 Å². The molecule has 0 bridgehead atoms. The van der Waals surface area contributed by atoms with Gasteiger partial charge >= 0.3 is 5.97 Å². The van der Waals surface area contributed by atoms with Gasteiger partial charge < -0.3 is 19.2 Å². The molecule has 2 heterocycles. The molecule has 2 aliphatic rings. The Bertz CT molecular complexity index is 1100. The van der Waals surface area contributed by atoms with Gasteiger partial charge in [0.05, 0.1) is 5.56 Å². The van der Waals surface area contributed by atoms with Crippen LogP contribution in [-0.2, 0) is 17.6 Å². The van der Waals surface area contributed by atoms with E-state index in [0.717, 1.165) is 23.7 Å². The zero-order valence-electron chi connectivity index (χ0n) is 15.2. The van der Waals surface area contributed by atoms with Gasteiger partial charge in [-0.15, -0.1) is 0 Å². The molecule has 0 atom stereocenters. The van der Waals surface area contributed by atoms with Gasteiger partial charge in [0.1, 0.15) is 0 Å². The number of H-pyrrole nitrogens is 1. The van der Waals surface area contributed by atoms with E-state index in [-0.39, 0.29) is 19.2 Å². The van der Waals surface area contributed by atoms with Gasteiger partial charge in [-0.05, 0) is 67.6 Å². The summed E-state index contributed by atoms with van der Waals surface area (Å²) in [5.41, 5.74) is 4.49. The lowest BCUT2D eigenvalue weighted by Gasteiger charge is -2.10. The van der Waals surface area contributed by atoms with Crippen molar-refractivity contribution in [1.29, 1.82) is 0 Å². The van der Waals surface area contributed by atoms with Gasteiger partial charge in [0.25, 0.3) is 0 Å². The Morgan fingerprint density at radius 3 is 2.71 bits per heavy atom. The van der Waals surface area contributed by atoms with E-state index in [9.17, 15) is 9.59 Å². The normalized spacial score (nSPS) is 14.7. The highest BCUT2D eigenvalue weighted by molar-refractivity contribution is 6.01. The molecular weight excluding hydrogens is 358 g/mol. The van der Waals surface area contributed by atoms with E-state index in [1.165, 1.54) is 24.1 Å². The minimum atomic E-state index is -0.498. The van der Waals surface area contributed by atoms with Crippen LogP contribution in [0.25, 0.3) is 10.9 Å². The summed E-state index contributed by atoms with van der Waals surface area (Å²) in [7, 11) is 0. The van der Waals surface area contributed by atoms with Gasteiger partial charge in [0.2, 0.25) is 6.79 Å². The predicted octanol–water partition coefficient (Wildman–Crippen LogP) is 3.82. The maximum Gasteiger partial charge on any atom is 0.338 e. The number of rotatable bonds is 4. The first-order valence-corrected chi connectivity index (χ1v) is 9.42. The molecule has 0 saturated carbocycles. The third-order valence-electron chi connectivity index (χ3n) is 5.36. The topological polar surface area (TPSA) is 77.6 Å². The Kier molecular flexibility index (Phi) is 4.04. The maximum atomic E-state index is 12.5. The van der Waals surface area contributed by atoms with E-state index in [2.05, 4.69) is 4.98 Å². The van der Waals surface area contributed by atoms with Crippen molar-refractivity contribution in [3.05, 3.63) is 58.8 Å². The molecule has 2 aromatic carbocycles. The van der Waals surface area contributed by atoms with Crippen molar-refractivity contribution < 1.29 is 23.8 Å². The highest BCUT2D eigenvalue weighted by Crippen LogP contribution is 2.33. The average molecular weight is 377 g/mol. The molecule has 0 spiro atoms. The van der Waals surface area contributed by atoms with Gasteiger partial charge in [-0.25, -0.2) is 4.79 Å². The molecule has 0 unspecified atom stereocenters. The van der Waals surface area contributed by atoms with Crippen molar-refractivity contribution in [1.82, 2.24) is 4.98 Å². The van der Waals surface area contributed by atoms with Crippen LogP contribution in [0, 0.1) is 0 Å². The van der Waals surface area contributed by atoms with Crippen molar-refractivity contribution in [2.75, 3.05) is 13.4 Å². The lowest BCUT2D eigenvalue weighted by molar-refractivity contribution is 0.0475. The van der Waals surface area contributed by atoms with Gasteiger partial charge in [-0.2, -0.15) is 0 Å². The summed E-state index contributed by atoms with van der Waals surface area (Å²) in [5, 5.41) is 1.08. The number of nitrogens with one attached hydrogen (secondary N) is 1. The average Bonchev–Trinajstić information content (AvgIpc) is 3.34. The largest absolute Gasteiger partial charge is 0.454 e. The number of aryl methyl sites for hydroxylation is 2. The first kappa shape index (κ1) is 16.9. The molecule has 3 aromatic rings. The van der Waals surface area contributed by atoms with E-state index in [0.29, 0.717) is 22.6 Å². The molecular formula is C22H19NO5. The van der Waals surface area contributed by atoms with Crippen molar-refractivity contribution in [2.45, 2.75) is 25.7 Å². The number of ketones is 1. The van der Waals surface area contributed by atoms with Crippen molar-refractivity contribution in [3.63, 3.8) is 0 Å². The monoisotopic (exact) mass is 377 g/mol. The molecule has 6 nitrogen and oxygen atoms in total. The van der Waals surface area contributed by atoms with Crippen molar-refractivity contribution in [3.8, 4) is 11.5 Å². The Morgan fingerprint density at radius 1 is 0.964 bits per heavy atom. The minimum absolute atomic E-state index is 0.146. The second-order valence-corrected chi connectivity index (χ2v) is 7.12. The van der Waals surface area contributed by atoms with Crippen molar-refractivity contribution >= 4 is 22.7 Å². The van der Waals surface area contributed by atoms with E-state index >= 15 is 0 Å². The Balaban J connectivity index is 1.30. The number of hydrogen-bond donors (Lipinski definition) is 1. The fraction of sp³-hybridized carbons (Fsp3) is 0.273. The summed E-state index contributed by atoms with van der Waals surface area (Å²) in [4.78, 5) is 28.3. The highest BCUT2D eigenvalue weighted by atomic mass is 16.7. The molecule has 6 heteroatoms. The number of carbonyl (C=O) groups excluding carboxylic acids is 2. The molecule has 0 fully saturated rings. The summed E-state index contributed by atoms with van der Waals surface area (Å²) < 4.78 is 15.8. The highest BCUT2D eigenvalue weighted by Gasteiger charge is 2.19. The predicted molar refractivity (Wildman–Crippen MR) is 102 cm³/mol. The number of carbonyl (C=O) groups is 2. The van der Waals surface area contributed by atoms with Crippen LogP contribution in [0.3, 0.4) is 0 Å².